The van der Waals surface area contributed by atoms with Crippen LogP contribution < -0.4 is 0 Å². The molecule has 0 unspecified atom stereocenters. The Hall–Kier alpha value is -0.320. The SMILES string of the molecule is COCN(CCO)COCCOCN(COC)COC. The third-order valence-corrected chi connectivity index (χ3v) is 2.27. The molecule has 122 valence electrons. The van der Waals surface area contributed by atoms with E-state index in [1.165, 1.54) is 0 Å². The van der Waals surface area contributed by atoms with E-state index in [2.05, 4.69) is 0 Å². The number of aliphatic hydroxyl groups is 1. The van der Waals surface area contributed by atoms with E-state index in [-0.39, 0.29) is 6.61 Å². The summed E-state index contributed by atoms with van der Waals surface area (Å²) in [6, 6.07) is 0. The molecule has 0 aliphatic carbocycles. The summed E-state index contributed by atoms with van der Waals surface area (Å²) >= 11 is 0. The molecule has 0 aliphatic heterocycles. The van der Waals surface area contributed by atoms with Crippen molar-refractivity contribution < 1.29 is 28.8 Å². The smallest absolute Gasteiger partial charge is 0.103 e. The van der Waals surface area contributed by atoms with Crippen LogP contribution in [-0.2, 0) is 23.7 Å². The molecule has 0 atom stereocenters. The van der Waals surface area contributed by atoms with Crippen LogP contribution in [0.3, 0.4) is 0 Å². The van der Waals surface area contributed by atoms with Crippen molar-refractivity contribution in [2.75, 3.05) is 81.3 Å². The average molecular weight is 296 g/mol. The molecular weight excluding hydrogens is 268 g/mol. The lowest BCUT2D eigenvalue weighted by Gasteiger charge is -2.21. The lowest BCUT2D eigenvalue weighted by atomic mass is 10.6. The van der Waals surface area contributed by atoms with Gasteiger partial charge in [-0.1, -0.05) is 0 Å². The molecule has 0 spiro atoms. The van der Waals surface area contributed by atoms with Crippen LogP contribution in [0, 0.1) is 0 Å². The molecule has 20 heavy (non-hydrogen) atoms. The lowest BCUT2D eigenvalue weighted by Crippen LogP contribution is -2.33. The molecule has 0 bridgehead atoms. The van der Waals surface area contributed by atoms with Crippen molar-refractivity contribution in [1.29, 1.82) is 0 Å². The van der Waals surface area contributed by atoms with Gasteiger partial charge in [0, 0.05) is 27.9 Å². The first-order valence-electron chi connectivity index (χ1n) is 6.46. The van der Waals surface area contributed by atoms with Crippen LogP contribution in [0.2, 0.25) is 0 Å². The van der Waals surface area contributed by atoms with Gasteiger partial charge in [-0.3, -0.25) is 4.90 Å². The summed E-state index contributed by atoms with van der Waals surface area (Å²) in [6.45, 7) is 3.69. The van der Waals surface area contributed by atoms with Crippen LogP contribution in [0.1, 0.15) is 0 Å². The van der Waals surface area contributed by atoms with Gasteiger partial charge in [-0.25, -0.2) is 4.90 Å². The summed E-state index contributed by atoms with van der Waals surface area (Å²) in [5.74, 6) is 0. The van der Waals surface area contributed by atoms with E-state index in [0.717, 1.165) is 0 Å². The highest BCUT2D eigenvalue weighted by atomic mass is 16.6. The monoisotopic (exact) mass is 296 g/mol. The van der Waals surface area contributed by atoms with E-state index in [4.69, 9.17) is 28.8 Å². The van der Waals surface area contributed by atoms with Crippen molar-refractivity contribution in [3.8, 4) is 0 Å². The van der Waals surface area contributed by atoms with Gasteiger partial charge in [0.15, 0.2) is 0 Å². The fourth-order valence-electron chi connectivity index (χ4n) is 1.47. The third-order valence-electron chi connectivity index (χ3n) is 2.27. The fourth-order valence-corrected chi connectivity index (χ4v) is 1.47. The first-order chi connectivity index (χ1) is 9.78. The predicted molar refractivity (Wildman–Crippen MR) is 72.9 cm³/mol. The van der Waals surface area contributed by atoms with Crippen LogP contribution in [0.25, 0.3) is 0 Å². The third kappa shape index (κ3) is 11.5. The largest absolute Gasteiger partial charge is 0.395 e. The highest BCUT2D eigenvalue weighted by Crippen LogP contribution is 1.92. The van der Waals surface area contributed by atoms with Gasteiger partial charge in [-0.15, -0.1) is 0 Å². The highest BCUT2D eigenvalue weighted by Gasteiger charge is 2.04. The van der Waals surface area contributed by atoms with Crippen LogP contribution in [-0.4, -0.2) is 96.3 Å². The van der Waals surface area contributed by atoms with Crippen molar-refractivity contribution in [2.24, 2.45) is 0 Å². The Morgan fingerprint density at radius 2 is 1.15 bits per heavy atom. The molecule has 0 aromatic carbocycles. The first-order valence-corrected chi connectivity index (χ1v) is 6.46. The number of aliphatic hydroxyl groups excluding tert-OH is 1. The number of ether oxygens (including phenoxy) is 5. The Morgan fingerprint density at radius 3 is 1.60 bits per heavy atom. The molecule has 0 heterocycles. The molecule has 0 fully saturated rings. The Morgan fingerprint density at radius 1 is 0.700 bits per heavy atom. The molecular formula is C12H28N2O6. The van der Waals surface area contributed by atoms with Crippen molar-refractivity contribution in [3.05, 3.63) is 0 Å². The molecule has 0 aromatic rings. The van der Waals surface area contributed by atoms with Gasteiger partial charge in [0.2, 0.25) is 0 Å². The molecule has 0 radical (unpaired) electrons. The number of hydrogen-bond acceptors (Lipinski definition) is 8. The van der Waals surface area contributed by atoms with Gasteiger partial charge in [-0.2, -0.15) is 0 Å². The summed E-state index contributed by atoms with van der Waals surface area (Å²) in [5, 5.41) is 8.86. The Kier molecular flexibility index (Phi) is 14.8. The summed E-state index contributed by atoms with van der Waals surface area (Å²) in [7, 11) is 4.85. The quantitative estimate of drug-likeness (QED) is 0.315. The molecule has 8 heteroatoms. The minimum atomic E-state index is 0.0756. The van der Waals surface area contributed by atoms with E-state index < -0.39 is 0 Å². The second-order valence-electron chi connectivity index (χ2n) is 4.12. The molecule has 0 amide bonds. The zero-order chi connectivity index (χ0) is 15.1. The van der Waals surface area contributed by atoms with Crippen LogP contribution >= 0.6 is 0 Å². The van der Waals surface area contributed by atoms with Crippen molar-refractivity contribution in [3.63, 3.8) is 0 Å². The standard InChI is InChI=1S/C12H28N2O6/c1-16-8-13(4-5-15)11-19-6-7-20-12-14(9-17-2)10-18-3/h15H,4-12H2,1-3H3. The average Bonchev–Trinajstić information content (AvgIpc) is 2.43. The van der Waals surface area contributed by atoms with E-state index >= 15 is 0 Å². The van der Waals surface area contributed by atoms with E-state index in [0.29, 0.717) is 53.4 Å². The summed E-state index contributed by atoms with van der Waals surface area (Å²) < 4.78 is 25.9. The minimum absolute atomic E-state index is 0.0756. The number of rotatable bonds is 15. The zero-order valence-electron chi connectivity index (χ0n) is 12.7. The summed E-state index contributed by atoms with van der Waals surface area (Å²) in [4.78, 5) is 3.71. The normalized spacial score (nSPS) is 11.7. The van der Waals surface area contributed by atoms with Gasteiger partial charge < -0.3 is 28.8 Å². The van der Waals surface area contributed by atoms with Crippen LogP contribution in [0.5, 0.6) is 0 Å². The van der Waals surface area contributed by atoms with Gasteiger partial charge in [0.25, 0.3) is 0 Å². The summed E-state index contributed by atoms with van der Waals surface area (Å²) in [5.41, 5.74) is 0. The Bertz CT molecular complexity index is 167. The summed E-state index contributed by atoms with van der Waals surface area (Å²) in [6.07, 6.45) is 0. The maximum Gasteiger partial charge on any atom is 0.103 e. The lowest BCUT2D eigenvalue weighted by molar-refractivity contribution is -0.0958. The predicted octanol–water partition coefficient (Wildman–Crippen LogP) is -0.657. The Labute approximate surface area is 121 Å². The Balaban J connectivity index is 3.53. The molecule has 0 saturated heterocycles. The fraction of sp³-hybridized carbons (Fsp3) is 1.00. The molecule has 0 aliphatic rings. The van der Waals surface area contributed by atoms with E-state index in [1.54, 1.807) is 21.3 Å². The number of nitrogens with zero attached hydrogens (tertiary/aromatic N) is 2. The zero-order valence-corrected chi connectivity index (χ0v) is 12.7. The van der Waals surface area contributed by atoms with Gasteiger partial charge in [-0.05, 0) is 0 Å². The molecule has 1 N–H and O–H groups in total. The van der Waals surface area contributed by atoms with E-state index in [1.807, 2.05) is 9.80 Å². The van der Waals surface area contributed by atoms with Gasteiger partial charge >= 0.3 is 0 Å². The highest BCUT2D eigenvalue weighted by molar-refractivity contribution is 4.45. The molecule has 0 aromatic heterocycles. The second-order valence-corrected chi connectivity index (χ2v) is 4.12. The van der Waals surface area contributed by atoms with Gasteiger partial charge in [0.05, 0.1) is 19.8 Å². The van der Waals surface area contributed by atoms with Crippen molar-refractivity contribution in [1.82, 2.24) is 9.80 Å². The number of hydrogen-bond donors (Lipinski definition) is 1. The minimum Gasteiger partial charge on any atom is -0.395 e. The van der Waals surface area contributed by atoms with Crippen molar-refractivity contribution >= 4 is 0 Å². The van der Waals surface area contributed by atoms with Crippen LogP contribution in [0.15, 0.2) is 0 Å². The van der Waals surface area contributed by atoms with Gasteiger partial charge in [0.1, 0.15) is 33.7 Å². The van der Waals surface area contributed by atoms with Crippen molar-refractivity contribution in [2.45, 2.75) is 0 Å². The molecule has 8 nitrogen and oxygen atoms in total. The second kappa shape index (κ2) is 15.1. The number of methoxy groups -OCH3 is 3. The van der Waals surface area contributed by atoms with Crippen LogP contribution in [0.4, 0.5) is 0 Å². The molecule has 0 saturated carbocycles. The molecule has 0 rings (SSSR count). The topological polar surface area (TPSA) is 72.9 Å². The first kappa shape index (κ1) is 19.7. The maximum absolute atomic E-state index is 8.86. The maximum atomic E-state index is 8.86. The van der Waals surface area contributed by atoms with E-state index in [9.17, 15) is 0 Å².